The molecule has 0 saturated heterocycles. The van der Waals surface area contributed by atoms with Crippen molar-refractivity contribution in [3.05, 3.63) is 29.0 Å². The van der Waals surface area contributed by atoms with E-state index in [2.05, 4.69) is 63.7 Å². The summed E-state index contributed by atoms with van der Waals surface area (Å²) in [4.78, 5) is 25.9. The van der Waals surface area contributed by atoms with Crippen LogP contribution in [0.1, 0.15) is 46.4 Å². The maximum Gasteiger partial charge on any atom is 0.340 e. The summed E-state index contributed by atoms with van der Waals surface area (Å²) in [5, 5.41) is 37.6. The lowest BCUT2D eigenvalue weighted by molar-refractivity contribution is 0.0164. The van der Waals surface area contributed by atoms with Gasteiger partial charge in [-0.3, -0.25) is 0 Å². The Hall–Kier alpha value is -0.160. The van der Waals surface area contributed by atoms with E-state index < -0.39 is 24.1 Å². The zero-order valence-corrected chi connectivity index (χ0v) is 25.7. The van der Waals surface area contributed by atoms with Gasteiger partial charge in [0, 0.05) is 31.1 Å². The number of hydrogen-bond acceptors (Lipinski definition) is 10. The van der Waals surface area contributed by atoms with Crippen LogP contribution < -0.4 is 0 Å². The Morgan fingerprint density at radius 3 is 1.33 bits per heavy atom. The SMILES string of the molecule is O=C(OCC(O)CCCOCCO)c1c(Br)c(Br)c(Br)c(Br)c1C(=O)OCC(O)CCCOCCO. The summed E-state index contributed by atoms with van der Waals surface area (Å²) in [6.45, 7) is 0.338. The molecule has 14 heteroatoms. The maximum atomic E-state index is 12.9. The van der Waals surface area contributed by atoms with E-state index in [1.807, 2.05) is 0 Å². The highest BCUT2D eigenvalue weighted by Gasteiger charge is 2.30. The van der Waals surface area contributed by atoms with Crippen LogP contribution >= 0.6 is 63.7 Å². The molecule has 0 saturated carbocycles. The number of carbonyl (C=O) groups is 2. The van der Waals surface area contributed by atoms with Crippen molar-refractivity contribution < 1.29 is 49.0 Å². The van der Waals surface area contributed by atoms with Crippen molar-refractivity contribution in [3.8, 4) is 0 Å². The van der Waals surface area contributed by atoms with Gasteiger partial charge in [-0.15, -0.1) is 0 Å². The molecule has 0 aromatic heterocycles. The summed E-state index contributed by atoms with van der Waals surface area (Å²) in [5.41, 5.74) is -0.236. The molecule has 0 aliphatic carbocycles. The third-order valence-corrected chi connectivity index (χ3v) is 9.38. The van der Waals surface area contributed by atoms with Crippen LogP contribution in [0.15, 0.2) is 17.9 Å². The molecular weight excluding hydrogens is 744 g/mol. The van der Waals surface area contributed by atoms with E-state index >= 15 is 0 Å². The molecule has 0 bridgehead atoms. The van der Waals surface area contributed by atoms with Crippen molar-refractivity contribution in [1.29, 1.82) is 0 Å². The number of aliphatic hydroxyl groups is 4. The predicted molar refractivity (Wildman–Crippen MR) is 144 cm³/mol. The van der Waals surface area contributed by atoms with Crippen LogP contribution in [0.25, 0.3) is 0 Å². The Morgan fingerprint density at radius 1 is 0.639 bits per heavy atom. The average Bonchev–Trinajstić information content (AvgIpc) is 2.86. The number of rotatable bonds is 18. The minimum atomic E-state index is -0.945. The number of esters is 2. The van der Waals surface area contributed by atoms with Gasteiger partial charge in [-0.1, -0.05) is 0 Å². The molecule has 206 valence electrons. The Morgan fingerprint density at radius 2 is 1.00 bits per heavy atom. The Balaban J connectivity index is 2.84. The Kier molecular flexibility index (Phi) is 17.9. The maximum absolute atomic E-state index is 12.9. The van der Waals surface area contributed by atoms with Crippen molar-refractivity contribution in [1.82, 2.24) is 0 Å². The Bertz CT molecular complexity index is 773. The van der Waals surface area contributed by atoms with E-state index in [4.69, 9.17) is 29.2 Å². The number of halogens is 4. The van der Waals surface area contributed by atoms with Gasteiger partial charge in [0.25, 0.3) is 0 Å². The topological polar surface area (TPSA) is 152 Å². The first-order valence-electron chi connectivity index (χ1n) is 11.1. The molecule has 2 atom stereocenters. The minimum absolute atomic E-state index is 0.0858. The van der Waals surface area contributed by atoms with Gasteiger partial charge in [0.05, 0.1) is 49.8 Å². The van der Waals surface area contributed by atoms with Crippen LogP contribution in [0.5, 0.6) is 0 Å². The largest absolute Gasteiger partial charge is 0.459 e. The van der Waals surface area contributed by atoms with Crippen LogP contribution in [0, 0.1) is 0 Å². The van der Waals surface area contributed by atoms with E-state index in [1.165, 1.54) is 0 Å². The number of benzene rings is 1. The monoisotopic (exact) mass is 770 g/mol. The molecule has 2 unspecified atom stereocenters. The van der Waals surface area contributed by atoms with Crippen LogP contribution in [0.3, 0.4) is 0 Å². The highest BCUT2D eigenvalue weighted by Crippen LogP contribution is 2.42. The number of carbonyl (C=O) groups excluding carboxylic acids is 2. The number of ether oxygens (including phenoxy) is 4. The van der Waals surface area contributed by atoms with E-state index in [0.717, 1.165) is 0 Å². The molecule has 4 N–H and O–H groups in total. The Labute approximate surface area is 243 Å². The number of hydrogen-bond donors (Lipinski definition) is 4. The molecule has 0 spiro atoms. The molecule has 10 nitrogen and oxygen atoms in total. The van der Waals surface area contributed by atoms with Gasteiger partial charge < -0.3 is 39.4 Å². The molecular formula is C22H30Br4O10. The third kappa shape index (κ3) is 11.7. The highest BCUT2D eigenvalue weighted by atomic mass is 79.9. The second-order valence-corrected chi connectivity index (χ2v) is 10.6. The summed E-state index contributed by atoms with van der Waals surface area (Å²) >= 11 is 13.3. The fraction of sp³-hybridized carbons (Fsp3) is 0.636. The van der Waals surface area contributed by atoms with E-state index in [0.29, 0.717) is 47.8 Å². The van der Waals surface area contributed by atoms with Gasteiger partial charge in [0.2, 0.25) is 0 Å². The molecule has 0 aliphatic heterocycles. The van der Waals surface area contributed by atoms with Gasteiger partial charge >= 0.3 is 11.9 Å². The zero-order chi connectivity index (χ0) is 27.1. The minimum Gasteiger partial charge on any atom is -0.459 e. The predicted octanol–water partition coefficient (Wildman–Crippen LogP) is 3.35. The smallest absolute Gasteiger partial charge is 0.340 e. The fourth-order valence-corrected chi connectivity index (χ4v) is 5.29. The fourth-order valence-electron chi connectivity index (χ4n) is 2.85. The summed E-state index contributed by atoms with van der Waals surface area (Å²) in [7, 11) is 0. The first kappa shape index (κ1) is 33.9. The molecule has 0 aliphatic rings. The third-order valence-electron chi connectivity index (χ3n) is 4.61. The van der Waals surface area contributed by atoms with Crippen LogP contribution in [-0.2, 0) is 18.9 Å². The van der Waals surface area contributed by atoms with Gasteiger partial charge in [-0.05, 0) is 89.4 Å². The standard InChI is InChI=1S/C22H30Br4O10/c23-17-15(21(31)35-11-13(29)3-1-7-33-9-5-27)16(18(24)20(26)19(17)25)22(32)36-12-14(30)4-2-8-34-10-6-28/h13-14,27-30H,1-12H2. The van der Waals surface area contributed by atoms with Crippen molar-refractivity contribution in [2.45, 2.75) is 37.9 Å². The summed E-state index contributed by atoms with van der Waals surface area (Å²) in [6.07, 6.45) is -0.257. The van der Waals surface area contributed by atoms with Crippen LogP contribution in [0.2, 0.25) is 0 Å². The van der Waals surface area contributed by atoms with Gasteiger partial charge in [0.1, 0.15) is 13.2 Å². The highest BCUT2D eigenvalue weighted by molar-refractivity contribution is 9.15. The molecule has 0 amide bonds. The lowest BCUT2D eigenvalue weighted by Crippen LogP contribution is -2.24. The van der Waals surface area contributed by atoms with Crippen molar-refractivity contribution in [2.24, 2.45) is 0 Å². The van der Waals surface area contributed by atoms with Gasteiger partial charge in [0.15, 0.2) is 0 Å². The molecule has 0 heterocycles. The van der Waals surface area contributed by atoms with Crippen molar-refractivity contribution >= 4 is 75.7 Å². The molecule has 1 aromatic rings. The van der Waals surface area contributed by atoms with Crippen LogP contribution in [-0.4, -0.2) is 97.4 Å². The van der Waals surface area contributed by atoms with Gasteiger partial charge in [-0.2, -0.15) is 0 Å². The second-order valence-electron chi connectivity index (χ2n) is 7.47. The molecule has 36 heavy (non-hydrogen) atoms. The van der Waals surface area contributed by atoms with E-state index in [9.17, 15) is 19.8 Å². The first-order valence-corrected chi connectivity index (χ1v) is 14.3. The average molecular weight is 774 g/mol. The van der Waals surface area contributed by atoms with Crippen molar-refractivity contribution in [3.63, 3.8) is 0 Å². The summed E-state index contributed by atoms with van der Waals surface area (Å²) in [5.74, 6) is -1.72. The normalized spacial score (nSPS) is 12.9. The van der Waals surface area contributed by atoms with Crippen molar-refractivity contribution in [2.75, 3.05) is 52.9 Å². The molecule has 1 aromatic carbocycles. The second kappa shape index (κ2) is 19.0. The van der Waals surface area contributed by atoms with E-state index in [-0.39, 0.29) is 59.7 Å². The summed E-state index contributed by atoms with van der Waals surface area (Å²) in [6, 6.07) is 0. The van der Waals surface area contributed by atoms with Crippen LogP contribution in [0.4, 0.5) is 0 Å². The lowest BCUT2D eigenvalue weighted by Gasteiger charge is -2.18. The molecule has 0 radical (unpaired) electrons. The molecule has 0 fully saturated rings. The summed E-state index contributed by atoms with van der Waals surface area (Å²) < 4.78 is 22.1. The molecule has 1 rings (SSSR count). The van der Waals surface area contributed by atoms with E-state index in [1.54, 1.807) is 0 Å². The quantitative estimate of drug-likeness (QED) is 0.0757. The first-order chi connectivity index (χ1) is 17.1. The zero-order valence-electron chi connectivity index (χ0n) is 19.4. The van der Waals surface area contributed by atoms with Gasteiger partial charge in [-0.25, -0.2) is 9.59 Å². The lowest BCUT2D eigenvalue weighted by atomic mass is 10.1. The number of aliphatic hydroxyl groups excluding tert-OH is 4.